The van der Waals surface area contributed by atoms with Crippen molar-refractivity contribution in [1.29, 1.82) is 0 Å². The highest BCUT2D eigenvalue weighted by Crippen LogP contribution is 2.31. The molecule has 2 aliphatic heterocycles. The quantitative estimate of drug-likeness (QED) is 0.923. The molecule has 7 heteroatoms. The van der Waals surface area contributed by atoms with Gasteiger partial charge in [0.15, 0.2) is 16.6 Å². The Labute approximate surface area is 144 Å². The highest BCUT2D eigenvalue weighted by atomic mass is 32.1. The lowest BCUT2D eigenvalue weighted by Crippen LogP contribution is -2.25. The van der Waals surface area contributed by atoms with Crippen molar-refractivity contribution in [2.24, 2.45) is 0 Å². The number of fused-ring (bicyclic) bond motifs is 2. The highest BCUT2D eigenvalue weighted by molar-refractivity contribution is 7.15. The number of amides is 1. The van der Waals surface area contributed by atoms with Crippen LogP contribution in [0.1, 0.15) is 16.1 Å². The molecule has 24 heavy (non-hydrogen) atoms. The highest BCUT2D eigenvalue weighted by Gasteiger charge is 2.19. The maximum atomic E-state index is 12.3. The molecule has 6 nitrogen and oxygen atoms in total. The summed E-state index contributed by atoms with van der Waals surface area (Å²) in [5, 5.41) is 3.61. The van der Waals surface area contributed by atoms with Gasteiger partial charge in [0, 0.05) is 24.4 Å². The Kier molecular flexibility index (Phi) is 4.12. The van der Waals surface area contributed by atoms with Crippen LogP contribution in [0.15, 0.2) is 18.2 Å². The summed E-state index contributed by atoms with van der Waals surface area (Å²) in [6.45, 7) is 3.03. The minimum atomic E-state index is -0.0638. The van der Waals surface area contributed by atoms with Crippen molar-refractivity contribution in [2.75, 3.05) is 32.1 Å². The number of rotatable bonds is 3. The average Bonchev–Trinajstić information content (AvgIpc) is 2.95. The molecule has 2 aliphatic rings. The molecule has 0 atom stereocenters. The second kappa shape index (κ2) is 6.41. The fraction of sp³-hybridized carbons (Fsp3) is 0.412. The number of likely N-dealkylation sites (N-methyl/N-ethyl adjacent to an activating group) is 1. The molecule has 126 valence electrons. The molecule has 0 saturated carbocycles. The number of nitrogens with zero attached hydrogens (tertiary/aromatic N) is 2. The van der Waals surface area contributed by atoms with Crippen LogP contribution < -0.4 is 14.8 Å². The first kappa shape index (κ1) is 15.4. The van der Waals surface area contributed by atoms with E-state index in [4.69, 9.17) is 9.47 Å². The van der Waals surface area contributed by atoms with E-state index in [1.54, 1.807) is 11.3 Å². The third-order valence-corrected chi connectivity index (χ3v) is 5.14. The lowest BCUT2D eigenvalue weighted by Gasteiger charge is -2.20. The Morgan fingerprint density at radius 2 is 2.17 bits per heavy atom. The van der Waals surface area contributed by atoms with E-state index in [1.807, 2.05) is 18.2 Å². The summed E-state index contributed by atoms with van der Waals surface area (Å²) in [5.41, 5.74) is 2.02. The van der Waals surface area contributed by atoms with E-state index >= 15 is 0 Å². The SMILES string of the molecule is CN1CCc2nc(NC(=O)Cc3ccc4c(c3)OCCO4)sc2C1. The van der Waals surface area contributed by atoms with Gasteiger partial charge < -0.3 is 19.7 Å². The predicted molar refractivity (Wildman–Crippen MR) is 91.9 cm³/mol. The van der Waals surface area contributed by atoms with Gasteiger partial charge in [-0.2, -0.15) is 0 Å². The maximum absolute atomic E-state index is 12.3. The fourth-order valence-electron chi connectivity index (χ4n) is 2.92. The van der Waals surface area contributed by atoms with Crippen molar-refractivity contribution in [3.05, 3.63) is 34.3 Å². The van der Waals surface area contributed by atoms with Crippen molar-refractivity contribution >= 4 is 22.4 Å². The van der Waals surface area contributed by atoms with Gasteiger partial charge in [0.1, 0.15) is 13.2 Å². The van der Waals surface area contributed by atoms with E-state index in [2.05, 4.69) is 22.2 Å². The van der Waals surface area contributed by atoms with Crippen LogP contribution in [0, 0.1) is 0 Å². The maximum Gasteiger partial charge on any atom is 0.230 e. The molecule has 3 heterocycles. The first-order chi connectivity index (χ1) is 11.7. The van der Waals surface area contributed by atoms with Gasteiger partial charge in [0.05, 0.1) is 12.1 Å². The van der Waals surface area contributed by atoms with Crippen molar-refractivity contribution < 1.29 is 14.3 Å². The van der Waals surface area contributed by atoms with E-state index < -0.39 is 0 Å². The van der Waals surface area contributed by atoms with Gasteiger partial charge in [0.2, 0.25) is 5.91 Å². The lowest BCUT2D eigenvalue weighted by molar-refractivity contribution is -0.115. The number of thiazole rings is 1. The molecule has 0 fully saturated rings. The zero-order valence-corrected chi connectivity index (χ0v) is 14.3. The molecule has 0 aliphatic carbocycles. The average molecular weight is 345 g/mol. The second-order valence-electron chi connectivity index (χ2n) is 6.08. The van der Waals surface area contributed by atoms with E-state index in [9.17, 15) is 4.79 Å². The topological polar surface area (TPSA) is 63.7 Å². The molecular weight excluding hydrogens is 326 g/mol. The smallest absolute Gasteiger partial charge is 0.230 e. The van der Waals surface area contributed by atoms with Crippen LogP contribution >= 0.6 is 11.3 Å². The zero-order chi connectivity index (χ0) is 16.5. The monoisotopic (exact) mass is 345 g/mol. The van der Waals surface area contributed by atoms with Crippen LogP contribution in [0.2, 0.25) is 0 Å². The van der Waals surface area contributed by atoms with Crippen LogP contribution in [0.25, 0.3) is 0 Å². The number of benzene rings is 1. The molecule has 1 aromatic heterocycles. The van der Waals surface area contributed by atoms with Crippen molar-refractivity contribution in [3.8, 4) is 11.5 Å². The largest absolute Gasteiger partial charge is 0.486 e. The number of carbonyl (C=O) groups excluding carboxylic acids is 1. The third kappa shape index (κ3) is 3.22. The van der Waals surface area contributed by atoms with Gasteiger partial charge >= 0.3 is 0 Å². The number of carbonyl (C=O) groups is 1. The summed E-state index contributed by atoms with van der Waals surface area (Å²) in [5.74, 6) is 1.38. The normalized spacial score (nSPS) is 16.5. The van der Waals surface area contributed by atoms with Crippen LogP contribution in [-0.2, 0) is 24.2 Å². The van der Waals surface area contributed by atoms with Gasteiger partial charge in [-0.05, 0) is 24.7 Å². The minimum absolute atomic E-state index is 0.0638. The Morgan fingerprint density at radius 1 is 1.33 bits per heavy atom. The Balaban J connectivity index is 1.42. The van der Waals surface area contributed by atoms with Crippen LogP contribution in [0.3, 0.4) is 0 Å². The van der Waals surface area contributed by atoms with E-state index in [0.717, 1.165) is 36.5 Å². The summed E-state index contributed by atoms with van der Waals surface area (Å²) >= 11 is 1.57. The summed E-state index contributed by atoms with van der Waals surface area (Å²) in [4.78, 5) is 20.4. The first-order valence-electron chi connectivity index (χ1n) is 8.03. The number of nitrogens with one attached hydrogen (secondary N) is 1. The molecule has 0 radical (unpaired) electrons. The van der Waals surface area contributed by atoms with Crippen LogP contribution in [0.5, 0.6) is 11.5 Å². The van der Waals surface area contributed by atoms with Crippen molar-refractivity contribution in [2.45, 2.75) is 19.4 Å². The number of hydrogen-bond donors (Lipinski definition) is 1. The van der Waals surface area contributed by atoms with Crippen LogP contribution in [0.4, 0.5) is 5.13 Å². The first-order valence-corrected chi connectivity index (χ1v) is 8.84. The Bertz CT molecular complexity index is 774. The Morgan fingerprint density at radius 3 is 3.04 bits per heavy atom. The molecule has 1 aromatic carbocycles. The van der Waals surface area contributed by atoms with E-state index in [0.29, 0.717) is 30.5 Å². The van der Waals surface area contributed by atoms with Crippen molar-refractivity contribution in [1.82, 2.24) is 9.88 Å². The minimum Gasteiger partial charge on any atom is -0.486 e. The molecule has 4 rings (SSSR count). The third-order valence-electron chi connectivity index (χ3n) is 4.14. The van der Waals surface area contributed by atoms with Crippen LogP contribution in [-0.4, -0.2) is 42.6 Å². The van der Waals surface area contributed by atoms with E-state index in [1.165, 1.54) is 4.88 Å². The summed E-state index contributed by atoms with van der Waals surface area (Å²) < 4.78 is 11.1. The summed E-state index contributed by atoms with van der Waals surface area (Å²) in [7, 11) is 2.10. The lowest BCUT2D eigenvalue weighted by atomic mass is 10.1. The van der Waals surface area contributed by atoms with Gasteiger partial charge in [-0.3, -0.25) is 4.79 Å². The zero-order valence-electron chi connectivity index (χ0n) is 13.5. The number of anilines is 1. The predicted octanol–water partition coefficient (Wildman–Crippen LogP) is 2.08. The number of aromatic nitrogens is 1. The van der Waals surface area contributed by atoms with Gasteiger partial charge in [-0.1, -0.05) is 6.07 Å². The molecule has 0 bridgehead atoms. The number of ether oxygens (including phenoxy) is 2. The molecule has 2 aromatic rings. The standard InChI is InChI=1S/C17H19N3O3S/c1-20-5-4-12-15(10-20)24-17(18-12)19-16(21)9-11-2-3-13-14(8-11)23-7-6-22-13/h2-3,8H,4-7,9-10H2,1H3,(H,18,19,21). The molecule has 0 spiro atoms. The molecular formula is C17H19N3O3S. The summed E-state index contributed by atoms with van der Waals surface area (Å²) in [6, 6.07) is 5.62. The fourth-order valence-corrected chi connectivity index (χ4v) is 4.03. The van der Waals surface area contributed by atoms with Gasteiger partial charge in [-0.15, -0.1) is 11.3 Å². The molecule has 0 unspecified atom stereocenters. The van der Waals surface area contributed by atoms with Gasteiger partial charge in [0.25, 0.3) is 0 Å². The molecule has 1 amide bonds. The van der Waals surface area contributed by atoms with E-state index in [-0.39, 0.29) is 5.91 Å². The molecule has 0 saturated heterocycles. The Hall–Kier alpha value is -2.12. The molecule has 1 N–H and O–H groups in total. The van der Waals surface area contributed by atoms with Crippen molar-refractivity contribution in [3.63, 3.8) is 0 Å². The van der Waals surface area contributed by atoms with Gasteiger partial charge in [-0.25, -0.2) is 4.98 Å². The number of hydrogen-bond acceptors (Lipinski definition) is 6. The summed E-state index contributed by atoms with van der Waals surface area (Å²) in [6.07, 6.45) is 1.24. The second-order valence-corrected chi connectivity index (χ2v) is 7.16.